The maximum Gasteiger partial charge on any atom is 0.231 e. The van der Waals surface area contributed by atoms with Crippen LogP contribution >= 0.6 is 11.8 Å². The fourth-order valence-corrected chi connectivity index (χ4v) is 3.31. The molecule has 1 aliphatic heterocycles. The molecule has 2 aromatic carbocycles. The highest BCUT2D eigenvalue weighted by Gasteiger charge is 2.17. The van der Waals surface area contributed by atoms with Crippen LogP contribution in [-0.2, 0) is 6.42 Å². The lowest BCUT2D eigenvalue weighted by Gasteiger charge is -2.01. The van der Waals surface area contributed by atoms with Crippen LogP contribution in [0, 0.1) is 0 Å². The van der Waals surface area contributed by atoms with E-state index in [4.69, 9.17) is 9.47 Å². The largest absolute Gasteiger partial charge is 0.454 e. The number of aromatic amines is 1. The van der Waals surface area contributed by atoms with Crippen molar-refractivity contribution < 1.29 is 14.3 Å². The number of rotatable bonds is 6. The van der Waals surface area contributed by atoms with E-state index in [1.165, 1.54) is 17.3 Å². The number of ether oxygens (including phenoxy) is 2. The highest BCUT2D eigenvalue weighted by molar-refractivity contribution is 7.99. The molecule has 1 aliphatic rings. The van der Waals surface area contributed by atoms with E-state index in [9.17, 15) is 4.79 Å². The summed E-state index contributed by atoms with van der Waals surface area (Å²) in [6.45, 7) is 2.32. The van der Waals surface area contributed by atoms with Gasteiger partial charge in [0.1, 0.15) is 0 Å². The molecule has 0 saturated heterocycles. The van der Waals surface area contributed by atoms with E-state index < -0.39 is 0 Å². The van der Waals surface area contributed by atoms with Gasteiger partial charge in [0, 0.05) is 11.1 Å². The number of nitrogens with one attached hydrogen (secondary N) is 1. The molecule has 1 aromatic heterocycles. The quantitative estimate of drug-likeness (QED) is 0.528. The van der Waals surface area contributed by atoms with Gasteiger partial charge in [-0.2, -0.15) is 0 Å². The Morgan fingerprint density at radius 1 is 1.15 bits per heavy atom. The molecule has 0 unspecified atom stereocenters. The molecule has 0 amide bonds. The molecular weight excluding hydrogens is 350 g/mol. The highest BCUT2D eigenvalue weighted by Crippen LogP contribution is 2.33. The number of aromatic nitrogens is 3. The van der Waals surface area contributed by atoms with Crippen molar-refractivity contribution in [1.29, 1.82) is 0 Å². The summed E-state index contributed by atoms with van der Waals surface area (Å²) in [4.78, 5) is 16.8. The first kappa shape index (κ1) is 16.7. The van der Waals surface area contributed by atoms with E-state index >= 15 is 0 Å². The number of H-pyrrole nitrogens is 1. The Hall–Kier alpha value is -2.80. The van der Waals surface area contributed by atoms with Gasteiger partial charge in [0.15, 0.2) is 23.1 Å². The number of Topliss-reactive ketones (excluding diaryl/α,β-unsaturated/α-hetero) is 1. The number of benzene rings is 2. The highest BCUT2D eigenvalue weighted by atomic mass is 32.2. The average Bonchev–Trinajstić information content (AvgIpc) is 3.35. The second-order valence-electron chi connectivity index (χ2n) is 5.80. The summed E-state index contributed by atoms with van der Waals surface area (Å²) >= 11 is 1.30. The summed E-state index contributed by atoms with van der Waals surface area (Å²) in [5.41, 5.74) is 2.84. The van der Waals surface area contributed by atoms with Crippen LogP contribution in [0.15, 0.2) is 47.6 Å². The Kier molecular flexibility index (Phi) is 4.62. The van der Waals surface area contributed by atoms with E-state index in [-0.39, 0.29) is 18.3 Å². The van der Waals surface area contributed by atoms with Gasteiger partial charge in [-0.05, 0) is 30.2 Å². The summed E-state index contributed by atoms with van der Waals surface area (Å²) in [6.07, 6.45) is 1.000. The SMILES string of the molecule is CCc1ccc(-c2nc(SCC(=O)c3ccc4c(c3)OCO4)n[nH]2)cc1. The van der Waals surface area contributed by atoms with Gasteiger partial charge < -0.3 is 9.47 Å². The Balaban J connectivity index is 1.40. The minimum Gasteiger partial charge on any atom is -0.454 e. The van der Waals surface area contributed by atoms with Crippen LogP contribution < -0.4 is 9.47 Å². The standard InChI is InChI=1S/C19H17N3O3S/c1-2-12-3-5-13(6-4-12)18-20-19(22-21-18)26-10-15(23)14-7-8-16-17(9-14)25-11-24-16/h3-9H,2,10-11H2,1H3,(H,20,21,22). The van der Waals surface area contributed by atoms with Gasteiger partial charge in [-0.1, -0.05) is 43.0 Å². The third-order valence-electron chi connectivity index (χ3n) is 4.13. The maximum absolute atomic E-state index is 12.4. The van der Waals surface area contributed by atoms with Gasteiger partial charge in [-0.15, -0.1) is 5.10 Å². The molecule has 26 heavy (non-hydrogen) atoms. The van der Waals surface area contributed by atoms with Crippen molar-refractivity contribution in [1.82, 2.24) is 15.2 Å². The molecule has 0 atom stereocenters. The molecule has 0 fully saturated rings. The van der Waals surface area contributed by atoms with Gasteiger partial charge in [0.05, 0.1) is 5.75 Å². The van der Waals surface area contributed by atoms with Crippen molar-refractivity contribution in [2.75, 3.05) is 12.5 Å². The zero-order chi connectivity index (χ0) is 17.9. The lowest BCUT2D eigenvalue weighted by atomic mass is 10.1. The van der Waals surface area contributed by atoms with E-state index in [0.29, 0.717) is 28.0 Å². The summed E-state index contributed by atoms with van der Waals surface area (Å²) in [7, 11) is 0. The summed E-state index contributed by atoms with van der Waals surface area (Å²) in [6, 6.07) is 13.4. The van der Waals surface area contributed by atoms with Gasteiger partial charge in [-0.25, -0.2) is 4.98 Å². The van der Waals surface area contributed by atoms with E-state index in [0.717, 1.165) is 12.0 Å². The summed E-state index contributed by atoms with van der Waals surface area (Å²) in [5.74, 6) is 2.22. The van der Waals surface area contributed by atoms with Crippen LogP contribution in [0.1, 0.15) is 22.8 Å². The number of hydrogen-bond donors (Lipinski definition) is 1. The number of carbonyl (C=O) groups is 1. The number of hydrogen-bond acceptors (Lipinski definition) is 6. The lowest BCUT2D eigenvalue weighted by Crippen LogP contribution is -2.02. The van der Waals surface area contributed by atoms with Crippen LogP contribution in [0.25, 0.3) is 11.4 Å². The normalized spacial score (nSPS) is 12.3. The topological polar surface area (TPSA) is 77.1 Å². The van der Waals surface area contributed by atoms with Crippen molar-refractivity contribution in [2.45, 2.75) is 18.5 Å². The van der Waals surface area contributed by atoms with Crippen LogP contribution in [0.5, 0.6) is 11.5 Å². The first-order valence-electron chi connectivity index (χ1n) is 8.30. The van der Waals surface area contributed by atoms with Crippen LogP contribution in [-0.4, -0.2) is 33.5 Å². The maximum atomic E-state index is 12.4. The fraction of sp³-hybridized carbons (Fsp3) is 0.211. The zero-order valence-electron chi connectivity index (χ0n) is 14.2. The van der Waals surface area contributed by atoms with Gasteiger partial charge in [-0.3, -0.25) is 9.89 Å². The third kappa shape index (κ3) is 3.43. The van der Waals surface area contributed by atoms with Crippen LogP contribution in [0.4, 0.5) is 0 Å². The number of aryl methyl sites for hydroxylation is 1. The van der Waals surface area contributed by atoms with Crippen molar-refractivity contribution >= 4 is 17.5 Å². The zero-order valence-corrected chi connectivity index (χ0v) is 15.0. The molecule has 6 nitrogen and oxygen atoms in total. The van der Waals surface area contributed by atoms with Crippen molar-refractivity contribution in [3.63, 3.8) is 0 Å². The Morgan fingerprint density at radius 3 is 2.77 bits per heavy atom. The van der Waals surface area contributed by atoms with Crippen LogP contribution in [0.2, 0.25) is 0 Å². The second-order valence-corrected chi connectivity index (χ2v) is 6.74. The third-order valence-corrected chi connectivity index (χ3v) is 4.97. The van der Waals surface area contributed by atoms with Gasteiger partial charge in [0.2, 0.25) is 11.9 Å². The molecule has 0 aliphatic carbocycles. The summed E-state index contributed by atoms with van der Waals surface area (Å²) < 4.78 is 10.6. The van der Waals surface area contributed by atoms with Gasteiger partial charge in [0.25, 0.3) is 0 Å². The number of ketones is 1. The molecule has 2 heterocycles. The Labute approximate surface area is 154 Å². The number of thioether (sulfide) groups is 1. The Bertz CT molecular complexity index is 937. The second kappa shape index (κ2) is 7.21. The molecule has 132 valence electrons. The fourth-order valence-electron chi connectivity index (χ4n) is 2.62. The first-order chi connectivity index (χ1) is 12.7. The monoisotopic (exact) mass is 367 g/mol. The lowest BCUT2D eigenvalue weighted by molar-refractivity contribution is 0.102. The van der Waals surface area contributed by atoms with Crippen molar-refractivity contribution in [2.24, 2.45) is 0 Å². The predicted octanol–water partition coefficient (Wildman–Crippen LogP) is 3.74. The van der Waals surface area contributed by atoms with E-state index in [1.54, 1.807) is 18.2 Å². The first-order valence-corrected chi connectivity index (χ1v) is 9.29. The van der Waals surface area contributed by atoms with E-state index in [1.807, 2.05) is 12.1 Å². The Morgan fingerprint density at radius 2 is 1.96 bits per heavy atom. The molecule has 4 rings (SSSR count). The summed E-state index contributed by atoms with van der Waals surface area (Å²) in [5, 5.41) is 7.67. The molecule has 0 bridgehead atoms. The molecule has 1 N–H and O–H groups in total. The van der Waals surface area contributed by atoms with Crippen molar-refractivity contribution in [3.05, 3.63) is 53.6 Å². The van der Waals surface area contributed by atoms with E-state index in [2.05, 4.69) is 34.2 Å². The molecule has 3 aromatic rings. The average molecular weight is 367 g/mol. The molecule has 0 spiro atoms. The molecule has 7 heteroatoms. The number of nitrogens with zero attached hydrogens (tertiary/aromatic N) is 2. The van der Waals surface area contributed by atoms with Crippen molar-refractivity contribution in [3.8, 4) is 22.9 Å². The van der Waals surface area contributed by atoms with Crippen LogP contribution in [0.3, 0.4) is 0 Å². The number of carbonyl (C=O) groups excluding carboxylic acids is 1. The van der Waals surface area contributed by atoms with Gasteiger partial charge >= 0.3 is 0 Å². The minimum absolute atomic E-state index is 0.00745. The molecule has 0 radical (unpaired) electrons. The molecule has 0 saturated carbocycles. The predicted molar refractivity (Wildman–Crippen MR) is 98.8 cm³/mol. The smallest absolute Gasteiger partial charge is 0.231 e. The minimum atomic E-state index is -0.00745. The molecular formula is C19H17N3O3S. The number of fused-ring (bicyclic) bond motifs is 1.